The summed E-state index contributed by atoms with van der Waals surface area (Å²) in [7, 11) is 0. The molecule has 0 saturated carbocycles. The Kier molecular flexibility index (Phi) is 5.62. The van der Waals surface area contributed by atoms with Gasteiger partial charge in [0.15, 0.2) is 0 Å². The predicted octanol–water partition coefficient (Wildman–Crippen LogP) is 13.1. The number of fused-ring (bicyclic) bond motifs is 9. The Morgan fingerprint density at radius 2 is 0.800 bits per heavy atom. The van der Waals surface area contributed by atoms with Gasteiger partial charge < -0.3 is 19.9 Å². The first-order chi connectivity index (χ1) is 32.1. The molecular weight excluding hydrogens is 799 g/mol. The molecule has 9 heteroatoms. The second kappa shape index (κ2) is 11.1. The minimum atomic E-state index is 0.647. The molecule has 8 aromatic heterocycles. The maximum Gasteiger partial charge on any atom is 0.120 e. The Balaban J connectivity index is 1.22. The van der Waals surface area contributed by atoms with Crippen molar-refractivity contribution in [2.45, 2.75) is 19.8 Å². The molecule has 300 valence electrons. The van der Waals surface area contributed by atoms with Gasteiger partial charge in [-0.15, -0.1) is 0 Å². The zero-order valence-electron chi connectivity index (χ0n) is 34.7. The molecule has 8 aromatic carbocycles. The number of hydrogen-bond acceptors (Lipinski definition) is 5. The van der Waals surface area contributed by atoms with Crippen LogP contribution in [0.5, 0.6) is 0 Å². The minimum Gasteiger partial charge on any atom is -0.354 e. The highest BCUT2D eigenvalue weighted by Gasteiger charge is 2.24. The van der Waals surface area contributed by atoms with Gasteiger partial charge in [-0.3, -0.25) is 0 Å². The number of nitrogens with zero attached hydrogens (tertiary/aromatic N) is 5. The van der Waals surface area contributed by atoms with Crippen LogP contribution in [0.25, 0.3) is 170 Å². The largest absolute Gasteiger partial charge is 0.354 e. The van der Waals surface area contributed by atoms with Crippen LogP contribution in [0.3, 0.4) is 0 Å². The molecule has 65 heavy (non-hydrogen) atoms. The maximum atomic E-state index is 5.84. The lowest BCUT2D eigenvalue weighted by atomic mass is 9.97. The highest BCUT2D eigenvalue weighted by atomic mass is 14.9. The predicted molar refractivity (Wildman–Crippen MR) is 268 cm³/mol. The number of benzene rings is 8. The molecule has 1 aliphatic heterocycles. The van der Waals surface area contributed by atoms with Gasteiger partial charge in [0.2, 0.25) is 0 Å². The average molecular weight is 830 g/mol. The molecule has 0 atom stereocenters. The summed E-state index contributed by atoms with van der Waals surface area (Å²) in [6.07, 6.45) is 1.49. The quantitative estimate of drug-likeness (QED) is 0.0968. The molecule has 0 unspecified atom stereocenters. The van der Waals surface area contributed by atoms with E-state index in [0.29, 0.717) is 17.5 Å². The summed E-state index contributed by atoms with van der Waals surface area (Å²) >= 11 is 0. The van der Waals surface area contributed by atoms with Crippen LogP contribution < -0.4 is 5.22 Å². The van der Waals surface area contributed by atoms with Gasteiger partial charge in [-0.1, -0.05) is 91.4 Å². The van der Waals surface area contributed by atoms with Crippen LogP contribution in [0.15, 0.2) is 121 Å². The van der Waals surface area contributed by atoms with Crippen molar-refractivity contribution in [3.63, 3.8) is 0 Å². The summed E-state index contributed by atoms with van der Waals surface area (Å²) in [6.45, 7) is 2.25. The van der Waals surface area contributed by atoms with Crippen molar-refractivity contribution in [2.75, 3.05) is 0 Å². The Morgan fingerprint density at radius 1 is 0.385 bits per heavy atom. The Hall–Kier alpha value is -8.69. The number of nitrogens with one attached hydrogen (secondary N) is 4. The van der Waals surface area contributed by atoms with E-state index >= 15 is 0 Å². The highest BCUT2D eigenvalue weighted by molar-refractivity contribution is 6.26. The molecule has 0 fully saturated rings. The van der Waals surface area contributed by atoms with Gasteiger partial charge in [-0.05, 0) is 66.1 Å². The number of para-hydroxylation sites is 2. The van der Waals surface area contributed by atoms with E-state index in [0.717, 1.165) is 165 Å². The fourth-order valence-electron chi connectivity index (χ4n) is 11.8. The molecule has 0 spiro atoms. The van der Waals surface area contributed by atoms with Crippen LogP contribution in [0.2, 0.25) is 0 Å². The lowest BCUT2D eigenvalue weighted by Gasteiger charge is -2.13. The van der Waals surface area contributed by atoms with Crippen molar-refractivity contribution in [1.29, 1.82) is 0 Å². The van der Waals surface area contributed by atoms with Crippen LogP contribution in [0.4, 0.5) is 0 Å². The van der Waals surface area contributed by atoms with Gasteiger partial charge in [-0.2, -0.15) is 0 Å². The summed E-state index contributed by atoms with van der Waals surface area (Å²) in [4.78, 5) is 44.4. The standard InChI is InChI=1S/C56H31N9/c1-2-24-19-36-52-54-56-55-53(36)62-48-31(24)5-3-6-32(48)38-20-27-13-9-25-11-15-29-22-40(60-46(29)42(25)44(27)58-38)34-17-18-35(51(65-56)50(34)64-55)41-23-30-16-12-26-10-14-28-21-39(59-45(28)43(26)47(30)61-41)33-7-4-8-37(57-52)49(33)63-54/h3-18,20-23,58-61H,2,19H2,1H3. The molecule has 0 amide bonds. The van der Waals surface area contributed by atoms with Crippen LogP contribution in [-0.4, -0.2) is 44.9 Å². The van der Waals surface area contributed by atoms with E-state index in [4.69, 9.17) is 24.9 Å². The monoisotopic (exact) mass is 829 g/mol. The fourth-order valence-corrected chi connectivity index (χ4v) is 11.8. The number of aromatic nitrogens is 9. The molecule has 16 aromatic rings. The fraction of sp³-hybridized carbons (Fsp3) is 0.0536. The van der Waals surface area contributed by atoms with Gasteiger partial charge in [0, 0.05) is 86.7 Å². The summed E-state index contributed by atoms with van der Waals surface area (Å²) < 4.78 is 0. The van der Waals surface area contributed by atoms with E-state index in [1.165, 1.54) is 11.0 Å². The third kappa shape index (κ3) is 4.00. The molecule has 17 rings (SSSR count). The summed E-state index contributed by atoms with van der Waals surface area (Å²) in [5.41, 5.74) is 18.4. The van der Waals surface area contributed by atoms with Crippen molar-refractivity contribution < 1.29 is 0 Å². The SMILES string of the molecule is CCC1=c2cccc3c4cc5ccc6ccc7cc([nH]c7c6c5[nH]4)c4ccc5c6cc7ccc8ccc9cc([nH]c9c8c7[nH]6)c6cccc7nc8c(c(nc23)c2nc4c5nc2c8nc76)C1. The lowest BCUT2D eigenvalue weighted by molar-refractivity contribution is 1.13. The van der Waals surface area contributed by atoms with Crippen molar-refractivity contribution in [2.24, 2.45) is 0 Å². The van der Waals surface area contributed by atoms with Gasteiger partial charge in [0.05, 0.1) is 60.7 Å². The second-order valence-corrected chi connectivity index (χ2v) is 18.2. The van der Waals surface area contributed by atoms with Crippen molar-refractivity contribution in [3.05, 3.63) is 132 Å². The molecule has 9 heterocycles. The normalized spacial score (nSPS) is 13.6. The lowest BCUT2D eigenvalue weighted by Crippen LogP contribution is -2.08. The molecular formula is C56H31N9. The van der Waals surface area contributed by atoms with E-state index in [2.05, 4.69) is 148 Å². The summed E-state index contributed by atoms with van der Waals surface area (Å²) in [6, 6.07) is 44.2. The van der Waals surface area contributed by atoms with Crippen molar-refractivity contribution in [1.82, 2.24) is 44.9 Å². The highest BCUT2D eigenvalue weighted by Crippen LogP contribution is 2.41. The average Bonchev–Trinajstić information content (AvgIpc) is 4.15. The summed E-state index contributed by atoms with van der Waals surface area (Å²) in [5, 5.41) is 14.3. The first-order valence-electron chi connectivity index (χ1n) is 22.4. The smallest absolute Gasteiger partial charge is 0.120 e. The van der Waals surface area contributed by atoms with E-state index < -0.39 is 0 Å². The van der Waals surface area contributed by atoms with Crippen molar-refractivity contribution in [3.8, 4) is 0 Å². The number of aromatic amines is 4. The van der Waals surface area contributed by atoms with Gasteiger partial charge in [0.25, 0.3) is 0 Å². The van der Waals surface area contributed by atoms with Crippen LogP contribution in [-0.2, 0) is 6.42 Å². The zero-order chi connectivity index (χ0) is 42.0. The molecule has 4 N–H and O–H groups in total. The first-order valence-corrected chi connectivity index (χ1v) is 22.4. The van der Waals surface area contributed by atoms with Gasteiger partial charge in [-0.25, -0.2) is 24.9 Å². The number of rotatable bonds is 1. The van der Waals surface area contributed by atoms with E-state index in [1.54, 1.807) is 0 Å². The summed E-state index contributed by atoms with van der Waals surface area (Å²) in [5.74, 6) is 0. The maximum absolute atomic E-state index is 5.84. The molecule has 16 bridgehead atoms. The van der Waals surface area contributed by atoms with E-state index in [9.17, 15) is 0 Å². The van der Waals surface area contributed by atoms with Crippen LogP contribution in [0.1, 0.15) is 18.9 Å². The Bertz CT molecular complexity index is 5030. The number of H-pyrrole nitrogens is 4. The zero-order valence-corrected chi connectivity index (χ0v) is 34.7. The molecule has 1 aliphatic rings. The van der Waals surface area contributed by atoms with E-state index in [-0.39, 0.29) is 0 Å². The van der Waals surface area contributed by atoms with E-state index in [1.807, 2.05) is 0 Å². The third-order valence-corrected chi connectivity index (χ3v) is 14.9. The minimum absolute atomic E-state index is 0.647. The third-order valence-electron chi connectivity index (χ3n) is 14.9. The van der Waals surface area contributed by atoms with Gasteiger partial charge >= 0.3 is 0 Å². The van der Waals surface area contributed by atoms with Crippen molar-refractivity contribution >= 4 is 170 Å². The van der Waals surface area contributed by atoms with Gasteiger partial charge in [0.1, 0.15) is 16.6 Å². The Labute approximate surface area is 364 Å². The van der Waals surface area contributed by atoms with Crippen LogP contribution >= 0.6 is 0 Å². The molecule has 9 nitrogen and oxygen atoms in total. The Morgan fingerprint density at radius 3 is 1.32 bits per heavy atom. The molecule has 0 radical (unpaired) electrons. The molecule has 0 aliphatic carbocycles. The topological polar surface area (TPSA) is 128 Å². The van der Waals surface area contributed by atoms with Crippen LogP contribution in [0, 0.1) is 0 Å². The second-order valence-electron chi connectivity index (χ2n) is 18.2. The number of hydrogen-bond donors (Lipinski definition) is 4. The first kappa shape index (κ1) is 32.9. The molecule has 0 saturated heterocycles.